The first kappa shape index (κ1) is 15.3. The van der Waals surface area contributed by atoms with Crippen LogP contribution in [-0.4, -0.2) is 43.3 Å². The summed E-state index contributed by atoms with van der Waals surface area (Å²) in [5.74, 6) is 1.30. The maximum Gasteiger partial charge on any atom is 0.205 e. The van der Waals surface area contributed by atoms with Gasteiger partial charge in [0.2, 0.25) is 5.13 Å². The van der Waals surface area contributed by atoms with E-state index in [0.717, 1.165) is 17.9 Å². The van der Waals surface area contributed by atoms with E-state index >= 15 is 0 Å². The molecule has 0 saturated heterocycles. The topological polar surface area (TPSA) is 75.8 Å². The minimum Gasteiger partial charge on any atom is -0.492 e. The minimum absolute atomic E-state index is 0.491. The summed E-state index contributed by atoms with van der Waals surface area (Å²) in [5.41, 5.74) is 9.31. The molecule has 0 amide bonds. The molecular weight excluding hydrogens is 286 g/mol. The normalized spacial score (nSPS) is 11.2. The number of aromatic nitrogens is 1. The van der Waals surface area contributed by atoms with Gasteiger partial charge in [0.1, 0.15) is 18.2 Å². The van der Waals surface area contributed by atoms with Gasteiger partial charge in [-0.15, -0.1) is 11.3 Å². The average molecular weight is 305 g/mol. The van der Waals surface area contributed by atoms with Gasteiger partial charge in [-0.2, -0.15) is 5.10 Å². The van der Waals surface area contributed by atoms with Crippen molar-refractivity contribution in [2.45, 2.75) is 0 Å². The number of benzene rings is 1. The fourth-order valence-corrected chi connectivity index (χ4v) is 2.10. The van der Waals surface area contributed by atoms with Crippen molar-refractivity contribution in [3.8, 4) is 5.75 Å². The largest absolute Gasteiger partial charge is 0.492 e. The second-order valence-corrected chi connectivity index (χ2v) is 5.50. The van der Waals surface area contributed by atoms with Gasteiger partial charge in [0, 0.05) is 17.5 Å². The molecule has 0 spiro atoms. The number of hydrazone groups is 1. The lowest BCUT2D eigenvalue weighted by Gasteiger charge is -2.12. The molecular formula is C14H19N5OS. The van der Waals surface area contributed by atoms with Gasteiger partial charge in [0.25, 0.3) is 0 Å². The Morgan fingerprint density at radius 2 is 2.24 bits per heavy atom. The zero-order valence-corrected chi connectivity index (χ0v) is 12.9. The standard InChI is InChI=1S/C14H19N5OS/c1-19(2)7-8-20-12-6-4-3-5-11(12)9-16-18-14-17-13(15)10-21-14/h3-6,9-10H,7-8,15H2,1-2H3,(H,17,18). The van der Waals surface area contributed by atoms with Crippen LogP contribution >= 0.6 is 11.3 Å². The number of nitrogens with one attached hydrogen (secondary N) is 1. The maximum absolute atomic E-state index is 5.76. The highest BCUT2D eigenvalue weighted by molar-refractivity contribution is 7.14. The number of nitrogens with zero attached hydrogens (tertiary/aromatic N) is 3. The summed E-state index contributed by atoms with van der Waals surface area (Å²) in [5, 5.41) is 6.58. The van der Waals surface area contributed by atoms with E-state index in [2.05, 4.69) is 20.4 Å². The van der Waals surface area contributed by atoms with E-state index in [1.807, 2.05) is 38.4 Å². The van der Waals surface area contributed by atoms with Gasteiger partial charge in [-0.05, 0) is 26.2 Å². The molecule has 7 heteroatoms. The van der Waals surface area contributed by atoms with Gasteiger partial charge in [0.15, 0.2) is 0 Å². The second-order valence-electron chi connectivity index (χ2n) is 4.64. The Bertz CT molecular complexity index is 597. The number of ether oxygens (including phenoxy) is 1. The van der Waals surface area contributed by atoms with E-state index in [-0.39, 0.29) is 0 Å². The Hall–Kier alpha value is -2.12. The summed E-state index contributed by atoms with van der Waals surface area (Å²) in [6, 6.07) is 7.77. The summed E-state index contributed by atoms with van der Waals surface area (Å²) < 4.78 is 5.76. The molecule has 0 aliphatic carbocycles. The van der Waals surface area contributed by atoms with Gasteiger partial charge in [0.05, 0.1) is 6.21 Å². The molecule has 2 rings (SSSR count). The molecule has 1 heterocycles. The third-order valence-corrected chi connectivity index (χ3v) is 3.37. The molecule has 0 unspecified atom stereocenters. The number of nitrogens with two attached hydrogens (primary N) is 1. The third-order valence-electron chi connectivity index (χ3n) is 2.60. The van der Waals surface area contributed by atoms with Crippen LogP contribution < -0.4 is 15.9 Å². The summed E-state index contributed by atoms with van der Waals surface area (Å²) in [4.78, 5) is 6.14. The summed E-state index contributed by atoms with van der Waals surface area (Å²) in [6.45, 7) is 1.50. The first-order valence-electron chi connectivity index (χ1n) is 6.52. The van der Waals surface area contributed by atoms with Crippen molar-refractivity contribution in [1.29, 1.82) is 0 Å². The van der Waals surface area contributed by atoms with Crippen LogP contribution in [0, 0.1) is 0 Å². The number of para-hydroxylation sites is 1. The first-order valence-corrected chi connectivity index (χ1v) is 7.40. The van der Waals surface area contributed by atoms with Crippen LogP contribution in [-0.2, 0) is 0 Å². The van der Waals surface area contributed by atoms with E-state index < -0.39 is 0 Å². The van der Waals surface area contributed by atoms with Crippen molar-refractivity contribution < 1.29 is 4.74 Å². The minimum atomic E-state index is 0.491. The predicted molar refractivity (Wildman–Crippen MR) is 88.2 cm³/mol. The van der Waals surface area contributed by atoms with Crippen LogP contribution in [0.15, 0.2) is 34.7 Å². The summed E-state index contributed by atoms with van der Waals surface area (Å²) in [7, 11) is 4.03. The van der Waals surface area contributed by atoms with Crippen molar-refractivity contribution in [2.75, 3.05) is 38.4 Å². The monoisotopic (exact) mass is 305 g/mol. The first-order chi connectivity index (χ1) is 10.1. The zero-order valence-electron chi connectivity index (χ0n) is 12.1. The van der Waals surface area contributed by atoms with Crippen molar-refractivity contribution in [3.05, 3.63) is 35.2 Å². The Morgan fingerprint density at radius 1 is 1.43 bits per heavy atom. The van der Waals surface area contributed by atoms with Crippen molar-refractivity contribution in [1.82, 2.24) is 9.88 Å². The molecule has 112 valence electrons. The lowest BCUT2D eigenvalue weighted by Crippen LogP contribution is -2.19. The van der Waals surface area contributed by atoms with E-state index in [1.165, 1.54) is 11.3 Å². The molecule has 6 nitrogen and oxygen atoms in total. The molecule has 21 heavy (non-hydrogen) atoms. The lowest BCUT2D eigenvalue weighted by molar-refractivity contribution is 0.261. The molecule has 0 atom stereocenters. The molecule has 2 aromatic rings. The van der Waals surface area contributed by atoms with Gasteiger partial charge in [-0.25, -0.2) is 4.98 Å². The number of likely N-dealkylation sites (N-methyl/N-ethyl adjacent to an activating group) is 1. The van der Waals surface area contributed by atoms with Gasteiger partial charge in [-0.3, -0.25) is 5.43 Å². The molecule has 1 aromatic heterocycles. The molecule has 0 aliphatic heterocycles. The Balaban J connectivity index is 1.95. The Kier molecular flexibility index (Phi) is 5.53. The fraction of sp³-hybridized carbons (Fsp3) is 0.286. The molecule has 0 aliphatic rings. The number of hydrogen-bond acceptors (Lipinski definition) is 7. The number of rotatable bonds is 7. The van der Waals surface area contributed by atoms with Crippen LogP contribution in [0.1, 0.15) is 5.56 Å². The van der Waals surface area contributed by atoms with E-state index in [4.69, 9.17) is 10.5 Å². The molecule has 3 N–H and O–H groups in total. The number of anilines is 2. The van der Waals surface area contributed by atoms with E-state index in [9.17, 15) is 0 Å². The Morgan fingerprint density at radius 3 is 2.95 bits per heavy atom. The Labute approximate surface area is 128 Å². The highest BCUT2D eigenvalue weighted by Gasteiger charge is 2.01. The third kappa shape index (κ3) is 5.05. The number of nitrogen functional groups attached to an aromatic ring is 1. The molecule has 0 saturated carbocycles. The zero-order chi connectivity index (χ0) is 15.1. The van der Waals surface area contributed by atoms with Crippen LogP contribution in [0.5, 0.6) is 5.75 Å². The molecule has 1 aromatic carbocycles. The lowest BCUT2D eigenvalue weighted by atomic mass is 10.2. The van der Waals surface area contributed by atoms with E-state index in [1.54, 1.807) is 11.6 Å². The van der Waals surface area contributed by atoms with Gasteiger partial charge >= 0.3 is 0 Å². The molecule has 0 bridgehead atoms. The average Bonchev–Trinajstić information content (AvgIpc) is 2.86. The predicted octanol–water partition coefficient (Wildman–Crippen LogP) is 2.11. The molecule has 0 fully saturated rings. The number of thiazole rings is 1. The van der Waals surface area contributed by atoms with Crippen molar-refractivity contribution in [3.63, 3.8) is 0 Å². The smallest absolute Gasteiger partial charge is 0.205 e. The van der Waals surface area contributed by atoms with E-state index in [0.29, 0.717) is 17.6 Å². The highest BCUT2D eigenvalue weighted by atomic mass is 32.1. The quantitative estimate of drug-likeness (QED) is 0.605. The van der Waals surface area contributed by atoms with Crippen LogP contribution in [0.2, 0.25) is 0 Å². The van der Waals surface area contributed by atoms with Crippen molar-refractivity contribution >= 4 is 28.5 Å². The maximum atomic E-state index is 5.76. The SMILES string of the molecule is CN(C)CCOc1ccccc1C=NNc1nc(N)cs1. The van der Waals surface area contributed by atoms with Gasteiger partial charge < -0.3 is 15.4 Å². The van der Waals surface area contributed by atoms with Crippen LogP contribution in [0.3, 0.4) is 0 Å². The second kappa shape index (κ2) is 7.61. The summed E-state index contributed by atoms with van der Waals surface area (Å²) >= 11 is 1.41. The van der Waals surface area contributed by atoms with Crippen LogP contribution in [0.4, 0.5) is 10.9 Å². The van der Waals surface area contributed by atoms with Gasteiger partial charge in [-0.1, -0.05) is 12.1 Å². The van der Waals surface area contributed by atoms with Crippen LogP contribution in [0.25, 0.3) is 0 Å². The molecule has 0 radical (unpaired) electrons. The highest BCUT2D eigenvalue weighted by Crippen LogP contribution is 2.18. The fourth-order valence-electron chi connectivity index (χ4n) is 1.55. The van der Waals surface area contributed by atoms with Crippen molar-refractivity contribution in [2.24, 2.45) is 5.10 Å². The number of hydrogen-bond donors (Lipinski definition) is 2. The summed E-state index contributed by atoms with van der Waals surface area (Å²) in [6.07, 6.45) is 1.71.